The first-order valence-electron chi connectivity index (χ1n) is 0.714. The lowest BCUT2D eigenvalue weighted by Crippen LogP contribution is -1.25. The second kappa shape index (κ2) is 5.62. The number of rotatable bonds is 2. The van der Waals surface area contributed by atoms with Gasteiger partial charge in [-0.3, -0.25) is 0 Å². The molecule has 5 heteroatoms. The molecule has 0 spiro atoms. The van der Waals surface area contributed by atoms with Crippen molar-refractivity contribution in [1.29, 1.82) is 0 Å². The maximum absolute atomic E-state index is 4.52. The van der Waals surface area contributed by atoms with Crippen LogP contribution in [0.4, 0.5) is 0 Å². The Kier molecular flexibility index (Phi) is 7.44. The number of hydrogen-bond acceptors (Lipinski definition) is 4. The van der Waals surface area contributed by atoms with Gasteiger partial charge in [0.05, 0.1) is 0 Å². The van der Waals surface area contributed by atoms with Gasteiger partial charge in [0.15, 0.2) is 0 Å². The quantitative estimate of drug-likeness (QED) is 0.466. The van der Waals surface area contributed by atoms with Crippen molar-refractivity contribution >= 4 is 51.9 Å². The molecule has 0 nitrogen and oxygen atoms in total. The van der Waals surface area contributed by atoms with E-state index in [1.807, 2.05) is 0 Å². The normalized spacial score (nSPS) is 8.20. The topological polar surface area (TPSA) is 0 Å². The van der Waals surface area contributed by atoms with E-state index in [9.17, 15) is 0 Å². The van der Waals surface area contributed by atoms with Crippen molar-refractivity contribution in [1.82, 2.24) is 0 Å². The fourth-order valence-electron chi connectivity index (χ4n) is 0.0136. The molecule has 0 fully saturated rings. The third kappa shape index (κ3) is 5.62. The average Bonchev–Trinajstić information content (AvgIpc) is 1.41. The fourth-order valence-corrected chi connectivity index (χ4v) is 3.31. The van der Waals surface area contributed by atoms with Crippen molar-refractivity contribution in [3.05, 3.63) is 0 Å². The molecule has 0 aromatic rings. The summed E-state index contributed by atoms with van der Waals surface area (Å²) in [5, 5.41) is 0. The van der Waals surface area contributed by atoms with Gasteiger partial charge in [-0.2, -0.15) is 0 Å². The van der Waals surface area contributed by atoms with Crippen LogP contribution in [-0.2, 0) is 20.5 Å². The minimum atomic E-state index is 0.916. The van der Waals surface area contributed by atoms with Crippen LogP contribution in [-0.4, -0.2) is 0 Å². The molecular weight excluding hydrogens is 160 g/mol. The first-order chi connectivity index (χ1) is 2.41. The molecule has 32 valence electrons. The predicted octanol–water partition coefficient (Wildman–Crippen LogP) is 1.40. The van der Waals surface area contributed by atoms with Gasteiger partial charge in [0.25, 0.3) is 0 Å². The van der Waals surface area contributed by atoms with E-state index in [4.69, 9.17) is 0 Å². The third-order valence-electron chi connectivity index (χ3n) is 0.0638. The van der Waals surface area contributed by atoms with Gasteiger partial charge in [0.2, 0.25) is 0 Å². The summed E-state index contributed by atoms with van der Waals surface area (Å²) in [7, 11) is 3.84. The zero-order valence-corrected chi connectivity index (χ0v) is 6.36. The highest BCUT2D eigenvalue weighted by Crippen LogP contribution is 2.22. The maximum Gasteiger partial charge on any atom is -0.0125 e. The van der Waals surface area contributed by atoms with Crippen molar-refractivity contribution in [3.63, 3.8) is 0 Å². The smallest absolute Gasteiger partial charge is 0.0125 e. The Labute approximate surface area is 51.7 Å². The van der Waals surface area contributed by atoms with E-state index >= 15 is 0 Å². The van der Waals surface area contributed by atoms with Crippen molar-refractivity contribution < 1.29 is 0 Å². The van der Waals surface area contributed by atoms with Crippen LogP contribution in [0, 0.1) is 0 Å². The van der Waals surface area contributed by atoms with Gasteiger partial charge in [0.1, 0.15) is 0 Å². The van der Waals surface area contributed by atoms with E-state index in [2.05, 4.69) is 22.8 Å². The summed E-state index contributed by atoms with van der Waals surface area (Å²) in [4.78, 5) is 0. The van der Waals surface area contributed by atoms with Gasteiger partial charge in [-0.25, -0.2) is 0 Å². The molecule has 0 aromatic heterocycles. The van der Waals surface area contributed by atoms with Crippen LogP contribution in [0.25, 0.3) is 0 Å². The van der Waals surface area contributed by atoms with E-state index in [-0.39, 0.29) is 0 Å². The molecule has 0 atom stereocenters. The largest absolute Gasteiger partial charge is 0.0989 e. The Hall–Kier alpha value is 1.62. The van der Waals surface area contributed by atoms with Crippen LogP contribution >= 0.6 is 31.3 Å². The van der Waals surface area contributed by atoms with Crippen LogP contribution in [0.1, 0.15) is 0 Å². The molecule has 0 unspecified atom stereocenters. The Morgan fingerprint density at radius 1 is 1.80 bits per heavy atom. The molecule has 0 N–H and O–H groups in total. The number of hydrogen-bond donors (Lipinski definition) is 2. The zero-order valence-electron chi connectivity index (χ0n) is 2.12. The molecule has 5 heavy (non-hydrogen) atoms. The first-order valence-corrected chi connectivity index (χ1v) is 6.43. The van der Waals surface area contributed by atoms with Crippen molar-refractivity contribution in [2.75, 3.05) is 0 Å². The molecular formula is H2S5. The van der Waals surface area contributed by atoms with E-state index in [1.165, 1.54) is 19.7 Å². The molecule has 0 saturated carbocycles. The summed E-state index contributed by atoms with van der Waals surface area (Å²) in [5.41, 5.74) is 0. The summed E-state index contributed by atoms with van der Waals surface area (Å²) in [6.45, 7) is 0. The van der Waals surface area contributed by atoms with Crippen LogP contribution < -0.4 is 0 Å². The van der Waals surface area contributed by atoms with Crippen LogP contribution in [0.15, 0.2) is 0 Å². The van der Waals surface area contributed by atoms with E-state index < -0.39 is 0 Å². The predicted molar refractivity (Wildman–Crippen MR) is 40.3 cm³/mol. The summed E-state index contributed by atoms with van der Waals surface area (Å²) in [5.74, 6) is 0. The van der Waals surface area contributed by atoms with Gasteiger partial charge in [-0.05, 0) is 30.8 Å². The molecule has 0 rings (SSSR count). The highest BCUT2D eigenvalue weighted by molar-refractivity contribution is 9.22. The molecule has 0 amide bonds. The van der Waals surface area contributed by atoms with Crippen LogP contribution in [0.2, 0.25) is 0 Å². The van der Waals surface area contributed by atoms with Gasteiger partial charge in [-0.1, -0.05) is 21.0 Å². The molecule has 0 heterocycles. The van der Waals surface area contributed by atoms with Crippen molar-refractivity contribution in [2.45, 2.75) is 0 Å². The van der Waals surface area contributed by atoms with E-state index in [0.29, 0.717) is 0 Å². The monoisotopic (exact) mass is 162 g/mol. The van der Waals surface area contributed by atoms with Gasteiger partial charge in [0, 0.05) is 0 Å². The second-order valence-electron chi connectivity index (χ2n) is 0.224. The van der Waals surface area contributed by atoms with E-state index in [1.54, 1.807) is 0 Å². The highest BCUT2D eigenvalue weighted by Gasteiger charge is 1.64. The van der Waals surface area contributed by atoms with E-state index in [0.717, 1.165) is 9.35 Å². The van der Waals surface area contributed by atoms with Crippen molar-refractivity contribution in [2.24, 2.45) is 0 Å². The lowest BCUT2D eigenvalue weighted by atomic mass is 30.4. The molecule has 0 aromatic carbocycles. The third-order valence-corrected chi connectivity index (χ3v) is 5.16. The summed E-state index contributed by atoms with van der Waals surface area (Å²) < 4.78 is 0. The average molecular weight is 162 g/mol. The standard InChI is InChI=1S/H2S5/c1-3-5-4-2/h1,4H. The second-order valence-corrected chi connectivity index (χ2v) is 6.04. The molecule has 0 aliphatic heterocycles. The molecule has 0 radical (unpaired) electrons. The summed E-state index contributed by atoms with van der Waals surface area (Å²) in [6, 6.07) is 0. The first kappa shape index (κ1) is 6.62. The zero-order chi connectivity index (χ0) is 4.12. The molecule has 0 saturated heterocycles. The lowest BCUT2D eigenvalue weighted by molar-refractivity contribution is 5.86. The summed E-state index contributed by atoms with van der Waals surface area (Å²) >= 11 is 8.32. The van der Waals surface area contributed by atoms with Crippen LogP contribution in [0.5, 0.6) is 0 Å². The van der Waals surface area contributed by atoms with Gasteiger partial charge >= 0.3 is 0 Å². The Balaban J connectivity index is 2.40. The fraction of sp³-hybridized carbons (Fsp3) is 0. The maximum atomic E-state index is 4.52. The summed E-state index contributed by atoms with van der Waals surface area (Å²) in [6.07, 6.45) is 0. The number of thiol groups is 2. The highest BCUT2D eigenvalue weighted by atomic mass is 33.7. The van der Waals surface area contributed by atoms with Crippen LogP contribution in [0.3, 0.4) is 0 Å². The minimum absolute atomic E-state index is 0.916. The molecule has 0 aliphatic rings. The van der Waals surface area contributed by atoms with Crippen molar-refractivity contribution in [3.8, 4) is 0 Å². The van der Waals surface area contributed by atoms with Gasteiger partial charge in [-0.15, -0.1) is 0 Å². The minimum Gasteiger partial charge on any atom is -0.0989 e. The van der Waals surface area contributed by atoms with Gasteiger partial charge < -0.3 is 0 Å². The molecule has 0 bridgehead atoms. The lowest BCUT2D eigenvalue weighted by Gasteiger charge is -1.70. The Morgan fingerprint density at radius 3 is 2.40 bits per heavy atom. The molecule has 0 aliphatic carbocycles. The Bertz CT molecular complexity index is 21.2. The SMILES string of the molecule is S=[SH]SSS. The Morgan fingerprint density at radius 2 is 2.40 bits per heavy atom.